The highest BCUT2D eigenvalue weighted by molar-refractivity contribution is 8.00. The molecule has 4 saturated carbocycles. The summed E-state index contributed by atoms with van der Waals surface area (Å²) < 4.78 is 6.16. The van der Waals surface area contributed by atoms with E-state index in [1.165, 1.54) is 50.3 Å². The van der Waals surface area contributed by atoms with E-state index >= 15 is 0 Å². The van der Waals surface area contributed by atoms with Gasteiger partial charge in [-0.3, -0.25) is 4.79 Å². The van der Waals surface area contributed by atoms with Gasteiger partial charge >= 0.3 is 0 Å². The van der Waals surface area contributed by atoms with E-state index in [0.29, 0.717) is 11.1 Å². The van der Waals surface area contributed by atoms with E-state index in [9.17, 15) is 4.79 Å². The maximum Gasteiger partial charge on any atom is 0.277 e. The molecule has 0 unspecified atom stereocenters. The highest BCUT2D eigenvalue weighted by atomic mass is 32.2. The number of aromatic nitrogens is 2. The molecule has 1 aromatic carbocycles. The van der Waals surface area contributed by atoms with Crippen molar-refractivity contribution in [3.8, 4) is 0 Å². The van der Waals surface area contributed by atoms with Crippen LogP contribution in [0.3, 0.4) is 0 Å². The summed E-state index contributed by atoms with van der Waals surface area (Å²) in [6, 6.07) is 7.99. The van der Waals surface area contributed by atoms with Crippen molar-refractivity contribution in [1.82, 2.24) is 10.2 Å². The SMILES string of the molecule is CC(C)c1ccccc1NC(=O)[C@H](C)Sc1nnc(C23CC4CC(CC(C4)C2)C3)o1. The van der Waals surface area contributed by atoms with Crippen LogP contribution in [0, 0.1) is 17.8 Å². The van der Waals surface area contributed by atoms with Gasteiger partial charge in [0.1, 0.15) is 0 Å². The number of amides is 1. The molecule has 1 aromatic heterocycles. The Morgan fingerprint density at radius 2 is 1.70 bits per heavy atom. The van der Waals surface area contributed by atoms with Gasteiger partial charge in [0, 0.05) is 11.1 Å². The molecule has 4 aliphatic carbocycles. The topological polar surface area (TPSA) is 68.0 Å². The molecule has 0 radical (unpaired) electrons. The van der Waals surface area contributed by atoms with E-state index in [0.717, 1.165) is 34.9 Å². The van der Waals surface area contributed by atoms with Crippen molar-refractivity contribution in [1.29, 1.82) is 0 Å². The standard InChI is InChI=1S/C24H31N3O2S/c1-14(2)19-6-4-5-7-20(19)25-21(28)15(3)30-23-27-26-22(29-23)24-11-16-8-17(12-24)10-18(9-16)13-24/h4-7,14-18H,8-13H2,1-3H3,(H,25,28)/t15-,16?,17?,18?,24?/m0/s1. The third-order valence-electron chi connectivity index (χ3n) is 7.39. The summed E-state index contributed by atoms with van der Waals surface area (Å²) in [5, 5.41) is 12.1. The molecule has 30 heavy (non-hydrogen) atoms. The van der Waals surface area contributed by atoms with Crippen molar-refractivity contribution in [2.75, 3.05) is 5.32 Å². The number of nitrogens with zero attached hydrogens (tertiary/aromatic N) is 2. The van der Waals surface area contributed by atoms with Gasteiger partial charge in [0.25, 0.3) is 5.22 Å². The van der Waals surface area contributed by atoms with Crippen LogP contribution in [0.5, 0.6) is 0 Å². The lowest BCUT2D eigenvalue weighted by Crippen LogP contribution is -2.48. The summed E-state index contributed by atoms with van der Waals surface area (Å²) in [5.41, 5.74) is 2.12. The molecular weight excluding hydrogens is 394 g/mol. The highest BCUT2D eigenvalue weighted by Crippen LogP contribution is 2.60. The van der Waals surface area contributed by atoms with Gasteiger partial charge in [-0.1, -0.05) is 43.8 Å². The van der Waals surface area contributed by atoms with Crippen LogP contribution in [-0.2, 0) is 10.2 Å². The van der Waals surface area contributed by atoms with Crippen LogP contribution in [0.4, 0.5) is 5.69 Å². The van der Waals surface area contributed by atoms with Crippen LogP contribution < -0.4 is 5.32 Å². The number of hydrogen-bond acceptors (Lipinski definition) is 5. The molecule has 160 valence electrons. The number of benzene rings is 1. The number of hydrogen-bond donors (Lipinski definition) is 1. The van der Waals surface area contributed by atoms with Crippen molar-refractivity contribution in [3.63, 3.8) is 0 Å². The van der Waals surface area contributed by atoms with Gasteiger partial charge in [0.05, 0.1) is 5.25 Å². The molecule has 0 aliphatic heterocycles. The minimum Gasteiger partial charge on any atom is -0.415 e. The van der Waals surface area contributed by atoms with Crippen molar-refractivity contribution >= 4 is 23.4 Å². The van der Waals surface area contributed by atoms with Crippen LogP contribution in [-0.4, -0.2) is 21.4 Å². The molecule has 6 rings (SSSR count). The quantitative estimate of drug-likeness (QED) is 0.594. The largest absolute Gasteiger partial charge is 0.415 e. The molecule has 4 bridgehead atoms. The van der Waals surface area contributed by atoms with Crippen molar-refractivity contribution in [3.05, 3.63) is 35.7 Å². The Morgan fingerprint density at radius 1 is 1.07 bits per heavy atom. The van der Waals surface area contributed by atoms with Crippen molar-refractivity contribution < 1.29 is 9.21 Å². The van der Waals surface area contributed by atoms with E-state index in [2.05, 4.69) is 35.4 Å². The smallest absolute Gasteiger partial charge is 0.277 e. The average Bonchev–Trinajstić information content (AvgIpc) is 3.16. The Hall–Kier alpha value is -1.82. The van der Waals surface area contributed by atoms with Crippen LogP contribution in [0.15, 0.2) is 33.9 Å². The summed E-state index contributed by atoms with van der Waals surface area (Å²) in [5.74, 6) is 3.65. The molecule has 0 saturated heterocycles. The molecule has 1 atom stereocenters. The van der Waals surface area contributed by atoms with Gasteiger partial charge in [-0.15, -0.1) is 10.2 Å². The Bertz CT molecular complexity index is 903. The third kappa shape index (κ3) is 3.68. The molecule has 1 amide bonds. The highest BCUT2D eigenvalue weighted by Gasteiger charge is 2.54. The molecule has 4 fully saturated rings. The first-order valence-corrected chi connectivity index (χ1v) is 12.2. The van der Waals surface area contributed by atoms with Crippen molar-refractivity contribution in [2.45, 2.75) is 81.1 Å². The molecule has 4 aliphatic rings. The minimum atomic E-state index is -0.310. The summed E-state index contributed by atoms with van der Waals surface area (Å²) in [6.45, 7) is 6.16. The maximum absolute atomic E-state index is 12.8. The van der Waals surface area contributed by atoms with E-state index < -0.39 is 0 Å². The number of anilines is 1. The van der Waals surface area contributed by atoms with Gasteiger partial charge in [-0.25, -0.2) is 0 Å². The van der Waals surface area contributed by atoms with E-state index in [-0.39, 0.29) is 16.6 Å². The van der Waals surface area contributed by atoms with Gasteiger partial charge in [-0.2, -0.15) is 0 Å². The Kier molecular flexibility index (Phi) is 5.16. The van der Waals surface area contributed by atoms with Crippen LogP contribution in [0.2, 0.25) is 0 Å². The number of carbonyl (C=O) groups excluding carboxylic acids is 1. The Balaban J connectivity index is 1.26. The molecule has 5 nitrogen and oxygen atoms in total. The molecule has 1 N–H and O–H groups in total. The second-order valence-electron chi connectivity index (χ2n) is 10.1. The maximum atomic E-state index is 12.8. The number of rotatable bonds is 6. The number of carbonyl (C=O) groups is 1. The lowest BCUT2D eigenvalue weighted by Gasteiger charge is -2.55. The average molecular weight is 426 g/mol. The van der Waals surface area contributed by atoms with Crippen LogP contribution >= 0.6 is 11.8 Å². The summed E-state index contributed by atoms with van der Waals surface area (Å²) in [4.78, 5) is 12.8. The zero-order chi connectivity index (χ0) is 20.9. The predicted molar refractivity (Wildman–Crippen MR) is 119 cm³/mol. The third-order valence-corrected chi connectivity index (χ3v) is 8.32. The first-order chi connectivity index (χ1) is 14.4. The van der Waals surface area contributed by atoms with Crippen molar-refractivity contribution in [2.24, 2.45) is 17.8 Å². The summed E-state index contributed by atoms with van der Waals surface area (Å²) >= 11 is 1.36. The Labute approximate surface area is 182 Å². The zero-order valence-electron chi connectivity index (χ0n) is 18.1. The first kappa shape index (κ1) is 20.1. The molecule has 1 heterocycles. The normalized spacial score (nSPS) is 30.6. The molecule has 0 spiro atoms. The second kappa shape index (κ2) is 7.70. The summed E-state index contributed by atoms with van der Waals surface area (Å²) in [6.07, 6.45) is 7.78. The van der Waals surface area contributed by atoms with E-state index in [1.807, 2.05) is 25.1 Å². The van der Waals surface area contributed by atoms with E-state index in [4.69, 9.17) is 4.42 Å². The number of nitrogens with one attached hydrogen (secondary N) is 1. The van der Waals surface area contributed by atoms with Gasteiger partial charge in [-0.05, 0) is 80.8 Å². The Morgan fingerprint density at radius 3 is 2.33 bits per heavy atom. The number of para-hydroxylation sites is 1. The molecular formula is C24H31N3O2S. The summed E-state index contributed by atoms with van der Waals surface area (Å²) in [7, 11) is 0. The van der Waals surface area contributed by atoms with Crippen LogP contribution in [0.25, 0.3) is 0 Å². The first-order valence-electron chi connectivity index (χ1n) is 11.3. The lowest BCUT2D eigenvalue weighted by molar-refractivity contribution is -0.115. The molecule has 6 heteroatoms. The van der Waals surface area contributed by atoms with Crippen LogP contribution in [0.1, 0.15) is 76.7 Å². The second-order valence-corrected chi connectivity index (χ2v) is 11.4. The fourth-order valence-electron chi connectivity index (χ4n) is 6.40. The lowest BCUT2D eigenvalue weighted by atomic mass is 9.49. The fraction of sp³-hybridized carbons (Fsp3) is 0.625. The molecule has 2 aromatic rings. The van der Waals surface area contributed by atoms with E-state index in [1.54, 1.807) is 0 Å². The number of thioether (sulfide) groups is 1. The zero-order valence-corrected chi connectivity index (χ0v) is 18.9. The van der Waals surface area contributed by atoms with Gasteiger partial charge < -0.3 is 9.73 Å². The predicted octanol–water partition coefficient (Wildman–Crippen LogP) is 5.78. The van der Waals surface area contributed by atoms with Gasteiger partial charge in [0.15, 0.2) is 0 Å². The minimum absolute atomic E-state index is 0.0392. The van der Waals surface area contributed by atoms with Gasteiger partial charge in [0.2, 0.25) is 11.8 Å². The fourth-order valence-corrected chi connectivity index (χ4v) is 7.08. The monoisotopic (exact) mass is 425 g/mol.